The van der Waals surface area contributed by atoms with Crippen molar-refractivity contribution in [2.75, 3.05) is 32.9 Å². The lowest BCUT2D eigenvalue weighted by Crippen LogP contribution is -2.40. The summed E-state index contributed by atoms with van der Waals surface area (Å²) in [6.07, 6.45) is 2.56. The van der Waals surface area contributed by atoms with Gasteiger partial charge in [-0.25, -0.2) is 4.39 Å². The molecule has 0 saturated carbocycles. The first-order valence-corrected chi connectivity index (χ1v) is 10.1. The molecule has 2 amide bonds. The summed E-state index contributed by atoms with van der Waals surface area (Å²) in [6.45, 7) is 3.07. The zero-order valence-electron chi connectivity index (χ0n) is 15.9. The molecule has 3 atom stereocenters. The smallest absolute Gasteiger partial charge is 0.227 e. The monoisotopic (exact) mass is 390 g/mol. The van der Waals surface area contributed by atoms with E-state index in [0.717, 1.165) is 32.5 Å². The second-order valence-corrected chi connectivity index (χ2v) is 7.95. The van der Waals surface area contributed by atoms with Gasteiger partial charge in [-0.3, -0.25) is 9.59 Å². The molecule has 0 radical (unpaired) electrons. The topological polar surface area (TPSA) is 67.9 Å². The van der Waals surface area contributed by atoms with Crippen LogP contribution in [0.5, 0.6) is 0 Å². The van der Waals surface area contributed by atoms with Gasteiger partial charge in [0, 0.05) is 32.9 Å². The fourth-order valence-electron chi connectivity index (χ4n) is 4.54. The van der Waals surface area contributed by atoms with Crippen LogP contribution in [-0.2, 0) is 25.5 Å². The molecule has 3 saturated heterocycles. The summed E-state index contributed by atoms with van der Waals surface area (Å²) >= 11 is 0. The lowest BCUT2D eigenvalue weighted by Gasteiger charge is -2.23. The Morgan fingerprint density at radius 2 is 2.00 bits per heavy atom. The Bertz CT molecular complexity index is 722. The number of benzene rings is 1. The van der Waals surface area contributed by atoms with Crippen molar-refractivity contribution in [3.8, 4) is 0 Å². The summed E-state index contributed by atoms with van der Waals surface area (Å²) in [5.41, 5.74) is 0.646. The van der Waals surface area contributed by atoms with E-state index in [1.165, 1.54) is 12.1 Å². The van der Waals surface area contributed by atoms with Crippen molar-refractivity contribution >= 4 is 11.8 Å². The highest BCUT2D eigenvalue weighted by molar-refractivity contribution is 5.84. The minimum Gasteiger partial charge on any atom is -0.381 e. The molecule has 0 spiro atoms. The van der Waals surface area contributed by atoms with Gasteiger partial charge >= 0.3 is 0 Å². The fourth-order valence-corrected chi connectivity index (χ4v) is 4.54. The summed E-state index contributed by atoms with van der Waals surface area (Å²) in [5, 5.41) is 3.06. The van der Waals surface area contributed by atoms with Crippen LogP contribution in [0, 0.1) is 17.7 Å². The number of hydrogen-bond donors (Lipinski definition) is 1. The van der Waals surface area contributed by atoms with E-state index in [2.05, 4.69) is 5.32 Å². The van der Waals surface area contributed by atoms with E-state index in [-0.39, 0.29) is 42.1 Å². The number of hydrogen-bond acceptors (Lipinski definition) is 4. The number of likely N-dealkylation sites (tertiary alicyclic amines) is 1. The molecule has 152 valence electrons. The van der Waals surface area contributed by atoms with Gasteiger partial charge in [0.25, 0.3) is 0 Å². The third-order valence-electron chi connectivity index (χ3n) is 6.10. The molecule has 0 aliphatic carbocycles. The number of nitrogens with one attached hydrogen (secondary N) is 1. The molecule has 0 unspecified atom stereocenters. The highest BCUT2D eigenvalue weighted by Gasteiger charge is 2.50. The van der Waals surface area contributed by atoms with Crippen molar-refractivity contribution in [3.05, 3.63) is 35.6 Å². The van der Waals surface area contributed by atoms with Gasteiger partial charge in [0.15, 0.2) is 0 Å². The van der Waals surface area contributed by atoms with Crippen LogP contribution in [0.1, 0.15) is 24.8 Å². The van der Waals surface area contributed by atoms with E-state index in [9.17, 15) is 14.0 Å². The van der Waals surface area contributed by atoms with Crippen molar-refractivity contribution in [1.82, 2.24) is 10.2 Å². The van der Waals surface area contributed by atoms with Gasteiger partial charge < -0.3 is 19.7 Å². The molecule has 1 N–H and O–H groups in total. The highest BCUT2D eigenvalue weighted by atomic mass is 19.1. The van der Waals surface area contributed by atoms with Gasteiger partial charge in [0.2, 0.25) is 11.8 Å². The Labute approximate surface area is 164 Å². The van der Waals surface area contributed by atoms with Crippen LogP contribution < -0.4 is 5.32 Å². The average Bonchev–Trinajstić information content (AvgIpc) is 3.29. The maximum absolute atomic E-state index is 13.4. The molecular formula is C21H27FN2O4. The number of carbonyl (C=O) groups is 2. The average molecular weight is 390 g/mol. The Kier molecular flexibility index (Phi) is 5.92. The second-order valence-electron chi connectivity index (χ2n) is 7.95. The van der Waals surface area contributed by atoms with E-state index in [1.807, 2.05) is 0 Å². The molecule has 1 aromatic carbocycles. The molecule has 1 aromatic rings. The summed E-state index contributed by atoms with van der Waals surface area (Å²) in [4.78, 5) is 27.4. The minimum absolute atomic E-state index is 0.0375. The third kappa shape index (κ3) is 4.20. The number of fused-ring (bicyclic) bond motifs is 1. The molecular weight excluding hydrogens is 363 g/mol. The number of halogens is 1. The molecule has 6 nitrogen and oxygen atoms in total. The molecule has 7 heteroatoms. The van der Waals surface area contributed by atoms with Crippen molar-refractivity contribution in [2.45, 2.75) is 37.8 Å². The van der Waals surface area contributed by atoms with Crippen LogP contribution >= 0.6 is 0 Å². The van der Waals surface area contributed by atoms with Crippen LogP contribution in [0.2, 0.25) is 0 Å². The first-order chi connectivity index (χ1) is 13.6. The maximum atomic E-state index is 13.4. The molecule has 3 aliphatic rings. The van der Waals surface area contributed by atoms with Gasteiger partial charge in [-0.15, -0.1) is 0 Å². The second kappa shape index (κ2) is 8.57. The Morgan fingerprint density at radius 1 is 1.18 bits per heavy atom. The van der Waals surface area contributed by atoms with E-state index in [4.69, 9.17) is 9.47 Å². The van der Waals surface area contributed by atoms with Crippen molar-refractivity contribution in [2.24, 2.45) is 11.8 Å². The van der Waals surface area contributed by atoms with Crippen molar-refractivity contribution in [3.63, 3.8) is 0 Å². The van der Waals surface area contributed by atoms with Crippen molar-refractivity contribution < 1.29 is 23.5 Å². The van der Waals surface area contributed by atoms with E-state index < -0.39 is 0 Å². The van der Waals surface area contributed by atoms with Gasteiger partial charge in [-0.1, -0.05) is 12.1 Å². The van der Waals surface area contributed by atoms with Crippen LogP contribution in [0.25, 0.3) is 0 Å². The van der Waals surface area contributed by atoms with Gasteiger partial charge in [-0.2, -0.15) is 0 Å². The van der Waals surface area contributed by atoms with E-state index in [0.29, 0.717) is 31.2 Å². The van der Waals surface area contributed by atoms with Crippen LogP contribution in [0.3, 0.4) is 0 Å². The molecule has 0 bridgehead atoms. The van der Waals surface area contributed by atoms with E-state index >= 15 is 0 Å². The minimum atomic E-state index is -0.348. The molecule has 3 aliphatic heterocycles. The summed E-state index contributed by atoms with van der Waals surface area (Å²) in [7, 11) is 0. The fraction of sp³-hybridized carbons (Fsp3) is 0.619. The lowest BCUT2D eigenvalue weighted by molar-refractivity contribution is -0.131. The van der Waals surface area contributed by atoms with Crippen molar-refractivity contribution in [1.29, 1.82) is 0 Å². The Balaban J connectivity index is 1.37. The highest BCUT2D eigenvalue weighted by Crippen LogP contribution is 2.34. The first kappa shape index (κ1) is 19.3. The van der Waals surface area contributed by atoms with E-state index in [1.54, 1.807) is 17.0 Å². The predicted octanol–water partition coefficient (Wildman–Crippen LogP) is 1.53. The number of nitrogens with zero attached hydrogens (tertiary/aromatic N) is 1. The molecule has 3 heterocycles. The summed E-state index contributed by atoms with van der Waals surface area (Å²) in [5.74, 6) is -0.358. The van der Waals surface area contributed by atoms with Gasteiger partial charge in [0.05, 0.1) is 24.5 Å². The number of carbonyl (C=O) groups excluding carboxylic acids is 2. The van der Waals surface area contributed by atoms with Gasteiger partial charge in [0.1, 0.15) is 5.82 Å². The third-order valence-corrected chi connectivity index (χ3v) is 6.10. The zero-order chi connectivity index (χ0) is 19.5. The summed E-state index contributed by atoms with van der Waals surface area (Å²) in [6, 6.07) is 6.03. The molecule has 4 rings (SSSR count). The van der Waals surface area contributed by atoms with Gasteiger partial charge in [-0.05, 0) is 42.9 Å². The zero-order valence-corrected chi connectivity index (χ0v) is 15.9. The van der Waals surface area contributed by atoms with Crippen LogP contribution in [0.4, 0.5) is 4.39 Å². The Morgan fingerprint density at radius 3 is 2.79 bits per heavy atom. The lowest BCUT2D eigenvalue weighted by atomic mass is 9.98. The van der Waals surface area contributed by atoms with Crippen LogP contribution in [0.15, 0.2) is 24.3 Å². The summed E-state index contributed by atoms with van der Waals surface area (Å²) < 4.78 is 24.6. The molecule has 28 heavy (non-hydrogen) atoms. The number of amides is 2. The number of ether oxygens (including phenoxy) is 2. The van der Waals surface area contributed by atoms with Crippen LogP contribution in [-0.4, -0.2) is 61.8 Å². The Hall–Kier alpha value is -1.99. The molecule has 3 fully saturated rings. The predicted molar refractivity (Wildman–Crippen MR) is 100 cm³/mol. The standard InChI is InChI=1S/C21H27FN2O4/c22-16-3-1-2-15(10-16)11-19(25)24-13-17(20-18(24)6-9-28-20)21(26)23-12-14-4-7-27-8-5-14/h1-3,10,14,17-18,20H,4-9,11-13H2,(H,23,26)/t17-,18-,20+/m1/s1. The SMILES string of the molecule is O=C(NCC1CCOCC1)[C@@H]1CN(C(=O)Cc2cccc(F)c2)[C@@H]2CCO[C@H]21. The molecule has 0 aromatic heterocycles. The largest absolute Gasteiger partial charge is 0.381 e. The quantitative estimate of drug-likeness (QED) is 0.828. The first-order valence-electron chi connectivity index (χ1n) is 10.1. The number of rotatable bonds is 5. The maximum Gasteiger partial charge on any atom is 0.227 e. The normalized spacial score (nSPS) is 27.6.